The van der Waals surface area contributed by atoms with E-state index in [9.17, 15) is 4.39 Å². The summed E-state index contributed by atoms with van der Waals surface area (Å²) >= 11 is 9.37. The number of benzene rings is 2. The van der Waals surface area contributed by atoms with Gasteiger partial charge in [-0.25, -0.2) is 9.37 Å². The van der Waals surface area contributed by atoms with Gasteiger partial charge in [-0.15, -0.1) is 11.6 Å². The van der Waals surface area contributed by atoms with Crippen LogP contribution in [0.2, 0.25) is 0 Å². The lowest BCUT2D eigenvalue weighted by atomic mass is 10.2. The van der Waals surface area contributed by atoms with Crippen LogP contribution in [0, 0.1) is 12.7 Å². The number of aromatic nitrogens is 2. The number of halogens is 3. The van der Waals surface area contributed by atoms with Crippen molar-refractivity contribution < 1.29 is 4.39 Å². The van der Waals surface area contributed by atoms with Crippen molar-refractivity contribution in [1.29, 1.82) is 0 Å². The van der Waals surface area contributed by atoms with E-state index < -0.39 is 0 Å². The SMILES string of the molecule is Cc1ccc(-n2c(CCl)nc3cc(Br)ccc32)c(F)c1. The first-order chi connectivity index (χ1) is 9.60. The van der Waals surface area contributed by atoms with Gasteiger partial charge < -0.3 is 0 Å². The second-order valence-corrected chi connectivity index (χ2v) is 5.77. The normalized spacial score (nSPS) is 11.2. The van der Waals surface area contributed by atoms with Crippen molar-refractivity contribution >= 4 is 38.6 Å². The summed E-state index contributed by atoms with van der Waals surface area (Å²) in [7, 11) is 0. The molecule has 0 saturated heterocycles. The van der Waals surface area contributed by atoms with Gasteiger partial charge in [0.1, 0.15) is 11.6 Å². The molecule has 1 aromatic heterocycles. The van der Waals surface area contributed by atoms with Crippen molar-refractivity contribution in [2.24, 2.45) is 0 Å². The molecule has 20 heavy (non-hydrogen) atoms. The molecule has 0 aliphatic rings. The molecule has 0 radical (unpaired) electrons. The molecule has 0 N–H and O–H groups in total. The second kappa shape index (κ2) is 5.19. The van der Waals surface area contributed by atoms with Crippen molar-refractivity contribution in [2.75, 3.05) is 0 Å². The molecule has 2 nitrogen and oxygen atoms in total. The summed E-state index contributed by atoms with van der Waals surface area (Å²) < 4.78 is 16.9. The van der Waals surface area contributed by atoms with E-state index >= 15 is 0 Å². The Labute approximate surface area is 129 Å². The molecule has 0 fully saturated rings. The average Bonchev–Trinajstić information content (AvgIpc) is 2.76. The van der Waals surface area contributed by atoms with Gasteiger partial charge >= 0.3 is 0 Å². The first-order valence-electron chi connectivity index (χ1n) is 6.09. The van der Waals surface area contributed by atoms with Crippen molar-refractivity contribution in [3.05, 3.63) is 58.1 Å². The second-order valence-electron chi connectivity index (χ2n) is 4.58. The van der Waals surface area contributed by atoms with Crippen LogP contribution in [0.1, 0.15) is 11.4 Å². The monoisotopic (exact) mass is 352 g/mol. The van der Waals surface area contributed by atoms with Crippen LogP contribution in [0.3, 0.4) is 0 Å². The van der Waals surface area contributed by atoms with Gasteiger partial charge in [0, 0.05) is 4.47 Å². The van der Waals surface area contributed by atoms with Crippen molar-refractivity contribution in [1.82, 2.24) is 9.55 Å². The highest BCUT2D eigenvalue weighted by Crippen LogP contribution is 2.27. The van der Waals surface area contributed by atoms with Crippen LogP contribution in [0.25, 0.3) is 16.7 Å². The summed E-state index contributed by atoms with van der Waals surface area (Å²) in [4.78, 5) is 4.47. The Balaban J connectivity index is 2.34. The molecular formula is C15H11BrClFN2. The van der Waals surface area contributed by atoms with E-state index in [2.05, 4.69) is 20.9 Å². The van der Waals surface area contributed by atoms with Crippen LogP contribution in [0.15, 0.2) is 40.9 Å². The van der Waals surface area contributed by atoms with E-state index in [1.54, 1.807) is 10.6 Å². The Morgan fingerprint density at radius 2 is 2.05 bits per heavy atom. The third kappa shape index (κ3) is 2.23. The Morgan fingerprint density at radius 1 is 1.25 bits per heavy atom. The van der Waals surface area contributed by atoms with Crippen molar-refractivity contribution in [2.45, 2.75) is 12.8 Å². The highest BCUT2D eigenvalue weighted by atomic mass is 79.9. The standard InChI is InChI=1S/C15H11BrClFN2/c1-9-2-4-13(11(18)6-9)20-14-5-3-10(16)7-12(14)19-15(20)8-17/h2-7H,8H2,1H3. The third-order valence-electron chi connectivity index (χ3n) is 3.15. The smallest absolute Gasteiger partial charge is 0.147 e. The number of hydrogen-bond donors (Lipinski definition) is 0. The lowest BCUT2D eigenvalue weighted by Gasteiger charge is -2.09. The minimum Gasteiger partial charge on any atom is -0.292 e. The predicted molar refractivity (Wildman–Crippen MR) is 83.0 cm³/mol. The number of nitrogens with zero attached hydrogens (tertiary/aromatic N) is 2. The highest BCUT2D eigenvalue weighted by Gasteiger charge is 2.15. The lowest BCUT2D eigenvalue weighted by molar-refractivity contribution is 0.616. The number of rotatable bonds is 2. The molecule has 0 atom stereocenters. The van der Waals surface area contributed by atoms with Gasteiger partial charge in [-0.1, -0.05) is 22.0 Å². The quantitative estimate of drug-likeness (QED) is 0.594. The molecule has 0 unspecified atom stereocenters. The molecule has 1 heterocycles. The van der Waals surface area contributed by atoms with Gasteiger partial charge in [0.25, 0.3) is 0 Å². The van der Waals surface area contributed by atoms with Crippen LogP contribution in [0.4, 0.5) is 4.39 Å². The molecule has 0 spiro atoms. The first-order valence-corrected chi connectivity index (χ1v) is 7.42. The molecule has 0 bridgehead atoms. The van der Waals surface area contributed by atoms with Gasteiger partial charge in [-0.3, -0.25) is 4.57 Å². The summed E-state index contributed by atoms with van der Waals surface area (Å²) in [5, 5.41) is 0. The Hall–Kier alpha value is -1.39. The first kappa shape index (κ1) is 13.6. The number of aryl methyl sites for hydroxylation is 1. The summed E-state index contributed by atoms with van der Waals surface area (Å²) in [5.74, 6) is 0.570. The van der Waals surface area contributed by atoms with E-state index in [4.69, 9.17) is 11.6 Å². The van der Waals surface area contributed by atoms with E-state index in [1.807, 2.05) is 31.2 Å². The molecule has 0 aliphatic heterocycles. The minimum absolute atomic E-state index is 0.222. The maximum Gasteiger partial charge on any atom is 0.147 e. The van der Waals surface area contributed by atoms with E-state index in [0.29, 0.717) is 11.5 Å². The van der Waals surface area contributed by atoms with E-state index in [1.165, 1.54) is 6.07 Å². The molecule has 5 heteroatoms. The molecule has 102 valence electrons. The maximum absolute atomic E-state index is 14.2. The molecular weight excluding hydrogens is 343 g/mol. The number of alkyl halides is 1. The lowest BCUT2D eigenvalue weighted by Crippen LogP contribution is -2.02. The van der Waals surface area contributed by atoms with Crippen LogP contribution >= 0.6 is 27.5 Å². The fourth-order valence-electron chi connectivity index (χ4n) is 2.26. The topological polar surface area (TPSA) is 17.8 Å². The average molecular weight is 354 g/mol. The fraction of sp³-hybridized carbons (Fsp3) is 0.133. The minimum atomic E-state index is -0.279. The molecule has 0 saturated carbocycles. The maximum atomic E-state index is 14.2. The van der Waals surface area contributed by atoms with Crippen LogP contribution in [-0.4, -0.2) is 9.55 Å². The van der Waals surface area contributed by atoms with Crippen LogP contribution < -0.4 is 0 Å². The zero-order chi connectivity index (χ0) is 14.3. The van der Waals surface area contributed by atoms with Crippen LogP contribution in [-0.2, 0) is 5.88 Å². The predicted octanol–water partition coefficient (Wildman–Crippen LogP) is 4.97. The summed E-state index contributed by atoms with van der Waals surface area (Å²) in [6.07, 6.45) is 0. The number of fused-ring (bicyclic) bond motifs is 1. The van der Waals surface area contributed by atoms with Crippen molar-refractivity contribution in [3.63, 3.8) is 0 Å². The van der Waals surface area contributed by atoms with Gasteiger partial charge in [0.15, 0.2) is 0 Å². The zero-order valence-electron chi connectivity index (χ0n) is 10.7. The third-order valence-corrected chi connectivity index (χ3v) is 3.88. The summed E-state index contributed by atoms with van der Waals surface area (Å²) in [6.45, 7) is 1.86. The number of imidazole rings is 1. The number of hydrogen-bond acceptors (Lipinski definition) is 1. The molecule has 2 aromatic carbocycles. The Morgan fingerprint density at radius 3 is 2.75 bits per heavy atom. The molecule has 0 aliphatic carbocycles. The summed E-state index contributed by atoms with van der Waals surface area (Å²) in [5.41, 5.74) is 2.98. The van der Waals surface area contributed by atoms with Gasteiger partial charge in [-0.2, -0.15) is 0 Å². The van der Waals surface area contributed by atoms with E-state index in [-0.39, 0.29) is 11.7 Å². The Bertz CT molecular complexity index is 798. The summed E-state index contributed by atoms with van der Waals surface area (Å²) in [6, 6.07) is 10.9. The van der Waals surface area contributed by atoms with E-state index in [0.717, 1.165) is 21.1 Å². The highest BCUT2D eigenvalue weighted by molar-refractivity contribution is 9.10. The Kier molecular flexibility index (Phi) is 3.52. The largest absolute Gasteiger partial charge is 0.292 e. The van der Waals surface area contributed by atoms with Gasteiger partial charge in [0.05, 0.1) is 22.6 Å². The zero-order valence-corrected chi connectivity index (χ0v) is 13.0. The van der Waals surface area contributed by atoms with Gasteiger partial charge in [0.2, 0.25) is 0 Å². The van der Waals surface area contributed by atoms with Crippen LogP contribution in [0.5, 0.6) is 0 Å². The van der Waals surface area contributed by atoms with Crippen molar-refractivity contribution in [3.8, 4) is 5.69 Å². The molecule has 3 rings (SSSR count). The van der Waals surface area contributed by atoms with Gasteiger partial charge in [-0.05, 0) is 42.8 Å². The molecule has 3 aromatic rings. The molecule has 0 amide bonds. The fourth-order valence-corrected chi connectivity index (χ4v) is 2.78.